The Hall–Kier alpha value is -0.260. The zero-order chi connectivity index (χ0) is 9.68. The topological polar surface area (TPSA) is 0 Å². The Balaban J connectivity index is 2.14. The van der Waals surface area contributed by atoms with Crippen molar-refractivity contribution in [2.45, 2.75) is 58.8 Å². The molecular formula is C13H24. The van der Waals surface area contributed by atoms with Gasteiger partial charge >= 0.3 is 0 Å². The van der Waals surface area contributed by atoms with Gasteiger partial charge in [-0.25, -0.2) is 0 Å². The standard InChI is InChI=1S/C13H24/c1-4-12(5-2)8-9-13-7-6-11(3)10-13/h12-13H,3-10H2,1-2H3/t13-/m1/s1. The van der Waals surface area contributed by atoms with Crippen LogP contribution in [0.15, 0.2) is 12.2 Å². The van der Waals surface area contributed by atoms with Crippen LogP contribution >= 0.6 is 0 Å². The molecule has 1 atom stereocenters. The lowest BCUT2D eigenvalue weighted by atomic mass is 9.91. The molecule has 1 fully saturated rings. The molecule has 0 aromatic heterocycles. The van der Waals surface area contributed by atoms with Gasteiger partial charge in [-0.3, -0.25) is 0 Å². The molecule has 0 heteroatoms. The van der Waals surface area contributed by atoms with Crippen molar-refractivity contribution in [1.82, 2.24) is 0 Å². The predicted octanol–water partition coefficient (Wildman–Crippen LogP) is 4.56. The zero-order valence-corrected chi connectivity index (χ0v) is 9.31. The van der Waals surface area contributed by atoms with Crippen LogP contribution in [0.25, 0.3) is 0 Å². The van der Waals surface area contributed by atoms with Gasteiger partial charge < -0.3 is 0 Å². The molecule has 0 heterocycles. The first-order chi connectivity index (χ1) is 6.26. The highest BCUT2D eigenvalue weighted by atomic mass is 14.2. The Labute approximate surface area is 83.4 Å². The molecule has 1 aliphatic carbocycles. The SMILES string of the molecule is C=C1CC[C@H](CCC(CC)CC)C1. The van der Waals surface area contributed by atoms with Crippen molar-refractivity contribution in [2.75, 3.05) is 0 Å². The van der Waals surface area contributed by atoms with Crippen molar-refractivity contribution in [3.05, 3.63) is 12.2 Å². The first-order valence-corrected chi connectivity index (χ1v) is 5.92. The lowest BCUT2D eigenvalue weighted by Gasteiger charge is -2.14. The average molecular weight is 180 g/mol. The molecule has 0 aliphatic heterocycles. The molecule has 13 heavy (non-hydrogen) atoms. The van der Waals surface area contributed by atoms with Gasteiger partial charge in [-0.05, 0) is 37.5 Å². The number of rotatable bonds is 5. The smallest absolute Gasteiger partial charge is 0.0294 e. The van der Waals surface area contributed by atoms with Gasteiger partial charge in [0.15, 0.2) is 0 Å². The molecule has 0 unspecified atom stereocenters. The zero-order valence-electron chi connectivity index (χ0n) is 9.31. The molecule has 1 rings (SSSR count). The van der Waals surface area contributed by atoms with Crippen molar-refractivity contribution in [1.29, 1.82) is 0 Å². The maximum Gasteiger partial charge on any atom is -0.0294 e. The summed E-state index contributed by atoms with van der Waals surface area (Å²) in [6.07, 6.45) is 9.66. The van der Waals surface area contributed by atoms with E-state index < -0.39 is 0 Å². The lowest BCUT2D eigenvalue weighted by Crippen LogP contribution is -2.01. The molecular weight excluding hydrogens is 156 g/mol. The van der Waals surface area contributed by atoms with Crippen molar-refractivity contribution >= 4 is 0 Å². The molecule has 1 aliphatic rings. The summed E-state index contributed by atoms with van der Waals surface area (Å²) in [6.45, 7) is 8.71. The average Bonchev–Trinajstić information content (AvgIpc) is 2.53. The molecule has 0 bridgehead atoms. The van der Waals surface area contributed by atoms with Crippen LogP contribution < -0.4 is 0 Å². The predicted molar refractivity (Wildman–Crippen MR) is 59.8 cm³/mol. The Kier molecular flexibility index (Phi) is 4.55. The highest BCUT2D eigenvalue weighted by Crippen LogP contribution is 2.33. The summed E-state index contributed by atoms with van der Waals surface area (Å²) in [7, 11) is 0. The second kappa shape index (κ2) is 5.47. The molecule has 1 saturated carbocycles. The van der Waals surface area contributed by atoms with Crippen LogP contribution in [0.2, 0.25) is 0 Å². The fraction of sp³-hybridized carbons (Fsp3) is 0.846. The van der Waals surface area contributed by atoms with Crippen LogP contribution in [0.3, 0.4) is 0 Å². The van der Waals surface area contributed by atoms with Crippen molar-refractivity contribution < 1.29 is 0 Å². The van der Waals surface area contributed by atoms with E-state index >= 15 is 0 Å². The van der Waals surface area contributed by atoms with Crippen LogP contribution in [0.5, 0.6) is 0 Å². The van der Waals surface area contributed by atoms with Crippen molar-refractivity contribution in [2.24, 2.45) is 11.8 Å². The van der Waals surface area contributed by atoms with Gasteiger partial charge in [-0.2, -0.15) is 0 Å². The van der Waals surface area contributed by atoms with E-state index in [1.54, 1.807) is 0 Å². The van der Waals surface area contributed by atoms with E-state index in [1.807, 2.05) is 0 Å². The summed E-state index contributed by atoms with van der Waals surface area (Å²) in [4.78, 5) is 0. The summed E-state index contributed by atoms with van der Waals surface area (Å²) >= 11 is 0. The van der Waals surface area contributed by atoms with E-state index in [9.17, 15) is 0 Å². The Bertz CT molecular complexity index is 153. The molecule has 0 N–H and O–H groups in total. The molecule has 0 saturated heterocycles. The lowest BCUT2D eigenvalue weighted by molar-refractivity contribution is 0.383. The van der Waals surface area contributed by atoms with Crippen molar-refractivity contribution in [3.63, 3.8) is 0 Å². The summed E-state index contributed by atoms with van der Waals surface area (Å²) in [5, 5.41) is 0. The third-order valence-corrected chi connectivity index (χ3v) is 3.62. The van der Waals surface area contributed by atoms with Gasteiger partial charge in [-0.15, -0.1) is 0 Å². The van der Waals surface area contributed by atoms with E-state index in [0.717, 1.165) is 11.8 Å². The summed E-state index contributed by atoms with van der Waals surface area (Å²) in [6, 6.07) is 0. The van der Waals surface area contributed by atoms with Crippen LogP contribution in [0.4, 0.5) is 0 Å². The third-order valence-electron chi connectivity index (χ3n) is 3.62. The van der Waals surface area contributed by atoms with Crippen LogP contribution in [0.1, 0.15) is 58.8 Å². The fourth-order valence-electron chi connectivity index (χ4n) is 2.44. The van der Waals surface area contributed by atoms with Gasteiger partial charge in [0.2, 0.25) is 0 Å². The minimum Gasteiger partial charge on any atom is -0.0999 e. The highest BCUT2D eigenvalue weighted by molar-refractivity contribution is 5.01. The number of allylic oxidation sites excluding steroid dienone is 1. The minimum atomic E-state index is 0.980. The molecule has 0 aromatic carbocycles. The number of hydrogen-bond acceptors (Lipinski definition) is 0. The van der Waals surface area contributed by atoms with E-state index in [2.05, 4.69) is 20.4 Å². The first-order valence-electron chi connectivity index (χ1n) is 5.92. The summed E-state index contributed by atoms with van der Waals surface area (Å²) < 4.78 is 0. The maximum absolute atomic E-state index is 4.07. The molecule has 76 valence electrons. The first kappa shape index (κ1) is 10.8. The summed E-state index contributed by atoms with van der Waals surface area (Å²) in [5.74, 6) is 1.96. The minimum absolute atomic E-state index is 0.980. The van der Waals surface area contributed by atoms with Gasteiger partial charge in [0, 0.05) is 0 Å². The van der Waals surface area contributed by atoms with E-state index in [-0.39, 0.29) is 0 Å². The monoisotopic (exact) mass is 180 g/mol. The van der Waals surface area contributed by atoms with Crippen LogP contribution in [0, 0.1) is 11.8 Å². The molecule has 0 nitrogen and oxygen atoms in total. The molecule has 0 spiro atoms. The van der Waals surface area contributed by atoms with Gasteiger partial charge in [0.05, 0.1) is 0 Å². The quantitative estimate of drug-likeness (QED) is 0.544. The number of hydrogen-bond donors (Lipinski definition) is 0. The van der Waals surface area contributed by atoms with Crippen LogP contribution in [-0.2, 0) is 0 Å². The van der Waals surface area contributed by atoms with Gasteiger partial charge in [-0.1, -0.05) is 45.3 Å². The largest absolute Gasteiger partial charge is 0.0999 e. The second-order valence-corrected chi connectivity index (χ2v) is 4.62. The van der Waals surface area contributed by atoms with E-state index in [1.165, 1.54) is 50.5 Å². The van der Waals surface area contributed by atoms with E-state index in [0.29, 0.717) is 0 Å². The maximum atomic E-state index is 4.07. The summed E-state index contributed by atoms with van der Waals surface area (Å²) in [5.41, 5.74) is 1.49. The highest BCUT2D eigenvalue weighted by Gasteiger charge is 2.18. The Morgan fingerprint density at radius 3 is 2.54 bits per heavy atom. The third kappa shape index (κ3) is 3.54. The molecule has 0 radical (unpaired) electrons. The van der Waals surface area contributed by atoms with E-state index in [4.69, 9.17) is 0 Å². The van der Waals surface area contributed by atoms with Crippen LogP contribution in [-0.4, -0.2) is 0 Å². The van der Waals surface area contributed by atoms with Gasteiger partial charge in [0.1, 0.15) is 0 Å². The fourth-order valence-corrected chi connectivity index (χ4v) is 2.44. The normalized spacial score (nSPS) is 23.0. The van der Waals surface area contributed by atoms with Crippen molar-refractivity contribution in [3.8, 4) is 0 Å². The Morgan fingerprint density at radius 1 is 1.38 bits per heavy atom. The molecule has 0 aromatic rings. The van der Waals surface area contributed by atoms with Gasteiger partial charge in [0.25, 0.3) is 0 Å². The molecule has 0 amide bonds. The Morgan fingerprint density at radius 2 is 2.08 bits per heavy atom. The second-order valence-electron chi connectivity index (χ2n) is 4.62.